The van der Waals surface area contributed by atoms with Crippen LogP contribution in [0.3, 0.4) is 0 Å². The summed E-state index contributed by atoms with van der Waals surface area (Å²) in [6.07, 6.45) is 3.67. The fraction of sp³-hybridized carbons (Fsp3) is 0.395. The molecular weight excluding hydrogens is 484 g/mol. The van der Waals surface area contributed by atoms with Gasteiger partial charge in [0.05, 0.1) is 5.69 Å². The smallest absolute Gasteiger partial charge is 0.0662 e. The number of rotatable bonds is 6. The number of nitrogens with zero attached hydrogens (tertiary/aromatic N) is 2. The van der Waals surface area contributed by atoms with Crippen molar-refractivity contribution in [3.63, 3.8) is 0 Å². The van der Waals surface area contributed by atoms with E-state index in [1.807, 2.05) is 0 Å². The highest BCUT2D eigenvalue weighted by molar-refractivity contribution is 6.04. The molecule has 0 radical (unpaired) electrons. The first-order valence-corrected chi connectivity index (χ1v) is 14.9. The second-order valence-corrected chi connectivity index (χ2v) is 13.2. The third-order valence-electron chi connectivity index (χ3n) is 10.1. The highest BCUT2D eigenvalue weighted by Gasteiger charge is 2.53. The van der Waals surface area contributed by atoms with Gasteiger partial charge in [-0.1, -0.05) is 106 Å². The average Bonchev–Trinajstić information content (AvgIpc) is 2.93. The molecule has 1 aliphatic carbocycles. The lowest BCUT2D eigenvalue weighted by Gasteiger charge is -2.59. The highest BCUT2D eigenvalue weighted by atomic mass is 15.2. The molecule has 3 atom stereocenters. The quantitative estimate of drug-likeness (QED) is 0.289. The molecular formula is C38H46N2. The summed E-state index contributed by atoms with van der Waals surface area (Å²) in [5.41, 5.74) is 11.1. The van der Waals surface area contributed by atoms with Gasteiger partial charge < -0.3 is 4.90 Å². The lowest BCUT2D eigenvalue weighted by molar-refractivity contribution is -0.0616. The lowest BCUT2D eigenvalue weighted by Crippen LogP contribution is -2.55. The van der Waals surface area contributed by atoms with Crippen LogP contribution in [0.1, 0.15) is 87.6 Å². The number of likely N-dealkylation sites (tertiary alicyclic amines) is 1. The third-order valence-corrected chi connectivity index (χ3v) is 10.1. The summed E-state index contributed by atoms with van der Waals surface area (Å²) in [6.45, 7) is 24.8. The van der Waals surface area contributed by atoms with E-state index in [-0.39, 0.29) is 10.8 Å². The molecule has 1 saturated carbocycles. The predicted octanol–water partition coefficient (Wildman–Crippen LogP) is 10.1. The normalized spacial score (nSPS) is 24.4. The van der Waals surface area contributed by atoms with Crippen LogP contribution in [-0.2, 0) is 0 Å². The Balaban J connectivity index is 1.37. The van der Waals surface area contributed by atoms with E-state index in [0.717, 1.165) is 35.8 Å². The van der Waals surface area contributed by atoms with Crippen LogP contribution in [0.15, 0.2) is 90.9 Å². The van der Waals surface area contributed by atoms with Gasteiger partial charge in [-0.05, 0) is 85.5 Å². The monoisotopic (exact) mass is 530 g/mol. The summed E-state index contributed by atoms with van der Waals surface area (Å²) in [6, 6.07) is 26.2. The van der Waals surface area contributed by atoms with E-state index in [1.165, 1.54) is 47.1 Å². The van der Waals surface area contributed by atoms with Gasteiger partial charge in [0.25, 0.3) is 0 Å². The number of allylic oxidation sites excluding steroid dienone is 1. The van der Waals surface area contributed by atoms with Crippen LogP contribution in [0.4, 0.5) is 5.69 Å². The van der Waals surface area contributed by atoms with Crippen molar-refractivity contribution in [2.24, 2.45) is 21.7 Å². The third kappa shape index (κ3) is 5.21. The summed E-state index contributed by atoms with van der Waals surface area (Å²) >= 11 is 0. The van der Waals surface area contributed by atoms with Crippen LogP contribution >= 0.6 is 0 Å². The van der Waals surface area contributed by atoms with Crippen molar-refractivity contribution in [2.45, 2.75) is 66.7 Å². The van der Waals surface area contributed by atoms with E-state index in [2.05, 4.69) is 132 Å². The Kier molecular flexibility index (Phi) is 7.66. The average molecular weight is 531 g/mol. The zero-order valence-corrected chi connectivity index (χ0v) is 25.4. The molecule has 0 N–H and O–H groups in total. The minimum absolute atomic E-state index is 0.236. The van der Waals surface area contributed by atoms with E-state index in [0.29, 0.717) is 11.8 Å². The van der Waals surface area contributed by atoms with E-state index >= 15 is 0 Å². The van der Waals surface area contributed by atoms with Crippen molar-refractivity contribution in [3.8, 4) is 0 Å². The minimum Gasteiger partial charge on any atom is -0.371 e. The maximum atomic E-state index is 5.02. The van der Waals surface area contributed by atoms with Gasteiger partial charge in [-0.15, -0.1) is 0 Å². The SMILES string of the molecule is C=C(C)c1ccc([C@H]2CC[C@]3(C)CN(C(=C)c4ccccc4/C(C)=N/c4ccccc4C)CCC3C2(C)C)cc1. The van der Waals surface area contributed by atoms with E-state index in [9.17, 15) is 0 Å². The van der Waals surface area contributed by atoms with Crippen LogP contribution < -0.4 is 0 Å². The molecule has 1 heterocycles. The fourth-order valence-corrected chi connectivity index (χ4v) is 7.85. The number of aryl methyl sites for hydroxylation is 1. The molecule has 2 nitrogen and oxygen atoms in total. The van der Waals surface area contributed by atoms with Gasteiger partial charge in [0.15, 0.2) is 0 Å². The van der Waals surface area contributed by atoms with Crippen molar-refractivity contribution in [2.75, 3.05) is 13.1 Å². The molecule has 0 aromatic heterocycles. The van der Waals surface area contributed by atoms with Gasteiger partial charge in [0.2, 0.25) is 0 Å². The second kappa shape index (κ2) is 10.9. The van der Waals surface area contributed by atoms with Gasteiger partial charge >= 0.3 is 0 Å². The van der Waals surface area contributed by atoms with Crippen molar-refractivity contribution in [1.82, 2.24) is 4.90 Å². The van der Waals surface area contributed by atoms with E-state index in [1.54, 1.807) is 0 Å². The molecule has 0 amide bonds. The number of piperidine rings is 1. The van der Waals surface area contributed by atoms with Gasteiger partial charge in [-0.3, -0.25) is 4.99 Å². The molecule has 5 rings (SSSR count). The molecule has 1 saturated heterocycles. The number of aliphatic imine (C=N–C) groups is 1. The molecule has 2 fully saturated rings. The van der Waals surface area contributed by atoms with Crippen LogP contribution in [0.2, 0.25) is 0 Å². The zero-order chi connectivity index (χ0) is 28.7. The topological polar surface area (TPSA) is 15.6 Å². The fourth-order valence-electron chi connectivity index (χ4n) is 7.85. The van der Waals surface area contributed by atoms with Gasteiger partial charge in [-0.25, -0.2) is 0 Å². The number of fused-ring (bicyclic) bond motifs is 1. The first-order chi connectivity index (χ1) is 19.0. The standard InChI is InChI=1S/C38H46N2/c1-26(2)30-17-19-31(20-18-30)34-21-23-38(8)25-40(24-22-36(38)37(34,6)7)29(5)33-15-11-10-14-32(33)28(4)39-35-16-12-9-13-27(35)3/h9-20,34,36H,1,5,21-25H2,2-4,6-8H3/b39-28+/t34-,36?,38-/m1/s1. The second-order valence-electron chi connectivity index (χ2n) is 13.2. The molecule has 2 aliphatic rings. The Morgan fingerprint density at radius 1 is 0.850 bits per heavy atom. The lowest BCUT2D eigenvalue weighted by atomic mass is 9.49. The Labute approximate surface area is 242 Å². The first kappa shape index (κ1) is 28.1. The summed E-state index contributed by atoms with van der Waals surface area (Å²) in [5.74, 6) is 1.25. The zero-order valence-electron chi connectivity index (χ0n) is 25.4. The Hall–Kier alpha value is -3.39. The maximum absolute atomic E-state index is 5.02. The highest BCUT2D eigenvalue weighted by Crippen LogP contribution is 2.60. The first-order valence-electron chi connectivity index (χ1n) is 14.9. The summed E-state index contributed by atoms with van der Waals surface area (Å²) in [7, 11) is 0. The van der Waals surface area contributed by atoms with Gasteiger partial charge in [-0.2, -0.15) is 0 Å². The Morgan fingerprint density at radius 3 is 2.17 bits per heavy atom. The molecule has 0 spiro atoms. The van der Waals surface area contributed by atoms with Crippen LogP contribution in [0.25, 0.3) is 11.3 Å². The van der Waals surface area contributed by atoms with E-state index in [4.69, 9.17) is 4.99 Å². The van der Waals surface area contributed by atoms with E-state index < -0.39 is 0 Å². The Bertz CT molecular complexity index is 1440. The summed E-state index contributed by atoms with van der Waals surface area (Å²) < 4.78 is 0. The van der Waals surface area contributed by atoms with Crippen molar-refractivity contribution in [3.05, 3.63) is 114 Å². The molecule has 3 aromatic rings. The molecule has 2 heteroatoms. The van der Waals surface area contributed by atoms with Crippen LogP contribution in [-0.4, -0.2) is 23.7 Å². The summed E-state index contributed by atoms with van der Waals surface area (Å²) in [4.78, 5) is 7.58. The summed E-state index contributed by atoms with van der Waals surface area (Å²) in [5, 5.41) is 0. The molecule has 1 unspecified atom stereocenters. The number of para-hydroxylation sites is 1. The van der Waals surface area contributed by atoms with Crippen molar-refractivity contribution >= 4 is 22.7 Å². The predicted molar refractivity (Wildman–Crippen MR) is 173 cm³/mol. The number of hydrogen-bond donors (Lipinski definition) is 0. The van der Waals surface area contributed by atoms with Crippen LogP contribution in [0.5, 0.6) is 0 Å². The van der Waals surface area contributed by atoms with Crippen LogP contribution in [0, 0.1) is 23.7 Å². The van der Waals surface area contributed by atoms with Gasteiger partial charge in [0.1, 0.15) is 0 Å². The van der Waals surface area contributed by atoms with Crippen molar-refractivity contribution < 1.29 is 0 Å². The molecule has 3 aromatic carbocycles. The minimum atomic E-state index is 0.236. The molecule has 1 aliphatic heterocycles. The maximum Gasteiger partial charge on any atom is 0.0662 e. The molecule has 40 heavy (non-hydrogen) atoms. The number of hydrogen-bond acceptors (Lipinski definition) is 2. The number of benzene rings is 3. The largest absolute Gasteiger partial charge is 0.371 e. The van der Waals surface area contributed by atoms with Crippen molar-refractivity contribution in [1.29, 1.82) is 0 Å². The molecule has 208 valence electrons. The van der Waals surface area contributed by atoms with Gasteiger partial charge in [0, 0.05) is 35.6 Å². The Morgan fingerprint density at radius 2 is 1.50 bits per heavy atom. The molecule has 0 bridgehead atoms.